The Balaban J connectivity index is 2.18. The molecule has 0 saturated heterocycles. The van der Waals surface area contributed by atoms with Gasteiger partial charge < -0.3 is 14.8 Å². The zero-order valence-corrected chi connectivity index (χ0v) is 10.7. The van der Waals surface area contributed by atoms with E-state index >= 15 is 0 Å². The first-order valence-corrected chi connectivity index (χ1v) is 6.12. The minimum Gasteiger partial charge on any atom is -0.502 e. The molecular weight excluding hydrogens is 226 g/mol. The second-order valence-electron chi connectivity index (χ2n) is 3.81. The summed E-state index contributed by atoms with van der Waals surface area (Å²) in [5.41, 5.74) is 1.24. The number of ether oxygens (including phenoxy) is 2. The third-order valence-electron chi connectivity index (χ3n) is 2.35. The molecule has 0 saturated carbocycles. The van der Waals surface area contributed by atoms with Crippen molar-refractivity contribution in [2.24, 2.45) is 0 Å². The molecule has 18 heavy (non-hydrogen) atoms. The monoisotopic (exact) mass is 247 g/mol. The van der Waals surface area contributed by atoms with Crippen LogP contribution in [0.15, 0.2) is 49.8 Å². The normalized spacial score (nSPS) is 9.78. The van der Waals surface area contributed by atoms with E-state index in [9.17, 15) is 0 Å². The van der Waals surface area contributed by atoms with Gasteiger partial charge in [0.15, 0.2) is 0 Å². The van der Waals surface area contributed by atoms with Gasteiger partial charge in [-0.3, -0.25) is 0 Å². The van der Waals surface area contributed by atoms with Crippen LogP contribution in [0.4, 0.5) is 0 Å². The lowest BCUT2D eigenvalue weighted by atomic mass is 10.2. The fraction of sp³-hybridized carbons (Fsp3) is 0.333. The molecule has 0 aliphatic rings. The molecule has 3 heteroatoms. The van der Waals surface area contributed by atoms with Crippen LogP contribution in [-0.2, 0) is 11.3 Å². The lowest BCUT2D eigenvalue weighted by molar-refractivity contribution is 0.244. The van der Waals surface area contributed by atoms with Crippen LogP contribution in [0.1, 0.15) is 12.0 Å². The molecule has 98 valence electrons. The van der Waals surface area contributed by atoms with Crippen molar-refractivity contribution in [2.75, 3.05) is 19.8 Å². The van der Waals surface area contributed by atoms with Crippen molar-refractivity contribution in [2.45, 2.75) is 13.0 Å². The van der Waals surface area contributed by atoms with Crippen molar-refractivity contribution in [1.29, 1.82) is 0 Å². The van der Waals surface area contributed by atoms with Crippen LogP contribution >= 0.6 is 0 Å². The summed E-state index contributed by atoms with van der Waals surface area (Å²) < 4.78 is 10.5. The largest absolute Gasteiger partial charge is 0.502 e. The number of nitrogens with one attached hydrogen (secondary N) is 1. The van der Waals surface area contributed by atoms with Crippen molar-refractivity contribution in [3.05, 3.63) is 55.3 Å². The molecular formula is C15H21NO2. The lowest BCUT2D eigenvalue weighted by Gasteiger charge is -2.07. The highest BCUT2D eigenvalue weighted by molar-refractivity contribution is 5.27. The average Bonchev–Trinajstić information content (AvgIpc) is 2.42. The first-order valence-electron chi connectivity index (χ1n) is 6.12. The number of benzene rings is 1. The molecule has 0 aliphatic carbocycles. The fourth-order valence-electron chi connectivity index (χ4n) is 1.46. The molecule has 0 fully saturated rings. The lowest BCUT2D eigenvalue weighted by Crippen LogP contribution is -2.15. The van der Waals surface area contributed by atoms with Gasteiger partial charge in [-0.25, -0.2) is 0 Å². The predicted octanol–water partition coefficient (Wildman–Crippen LogP) is 2.89. The Morgan fingerprint density at radius 2 is 1.94 bits per heavy atom. The molecule has 0 aliphatic heterocycles. The van der Waals surface area contributed by atoms with Crippen LogP contribution in [0.3, 0.4) is 0 Å². The summed E-state index contributed by atoms with van der Waals surface area (Å²) in [6.07, 6.45) is 4.19. The van der Waals surface area contributed by atoms with Crippen LogP contribution in [0.25, 0.3) is 0 Å². The summed E-state index contributed by atoms with van der Waals surface area (Å²) in [6.45, 7) is 10.2. The zero-order chi connectivity index (χ0) is 13.1. The van der Waals surface area contributed by atoms with E-state index in [4.69, 9.17) is 9.47 Å². The topological polar surface area (TPSA) is 30.5 Å². The molecule has 0 aromatic heterocycles. The van der Waals surface area contributed by atoms with E-state index in [0.29, 0.717) is 13.2 Å². The van der Waals surface area contributed by atoms with Crippen molar-refractivity contribution in [3.8, 4) is 5.75 Å². The summed E-state index contributed by atoms with van der Waals surface area (Å²) in [6, 6.07) is 8.07. The van der Waals surface area contributed by atoms with Crippen LogP contribution < -0.4 is 10.1 Å². The van der Waals surface area contributed by atoms with E-state index in [1.165, 1.54) is 11.8 Å². The summed E-state index contributed by atoms with van der Waals surface area (Å²) in [4.78, 5) is 0. The van der Waals surface area contributed by atoms with Gasteiger partial charge in [-0.15, -0.1) is 0 Å². The van der Waals surface area contributed by atoms with Gasteiger partial charge in [-0.2, -0.15) is 0 Å². The Labute approximate surface area is 109 Å². The van der Waals surface area contributed by atoms with Gasteiger partial charge >= 0.3 is 0 Å². The maximum Gasteiger partial charge on any atom is 0.119 e. The minimum absolute atomic E-state index is 0.543. The smallest absolute Gasteiger partial charge is 0.119 e. The van der Waals surface area contributed by atoms with Gasteiger partial charge in [0.2, 0.25) is 0 Å². The van der Waals surface area contributed by atoms with E-state index in [2.05, 4.69) is 30.6 Å². The van der Waals surface area contributed by atoms with E-state index < -0.39 is 0 Å². The first kappa shape index (κ1) is 14.3. The van der Waals surface area contributed by atoms with Crippen LogP contribution in [0.2, 0.25) is 0 Å². The second-order valence-corrected chi connectivity index (χ2v) is 3.81. The molecule has 0 unspecified atom stereocenters. The summed E-state index contributed by atoms with van der Waals surface area (Å²) in [7, 11) is 0. The molecule has 0 radical (unpaired) electrons. The Morgan fingerprint density at radius 1 is 1.17 bits per heavy atom. The quantitative estimate of drug-likeness (QED) is 0.392. The molecule has 0 atom stereocenters. The SMILES string of the molecule is C=CCOc1ccc(CNCCCOC=C)cc1. The van der Waals surface area contributed by atoms with E-state index in [0.717, 1.165) is 25.3 Å². The standard InChI is InChI=1S/C15H21NO2/c1-3-11-18-15-8-6-14(7-9-15)13-16-10-5-12-17-4-2/h3-4,6-9,16H,1-2,5,10-13H2. The van der Waals surface area contributed by atoms with Gasteiger partial charge in [0, 0.05) is 6.54 Å². The number of hydrogen-bond donors (Lipinski definition) is 1. The Hall–Kier alpha value is -1.74. The van der Waals surface area contributed by atoms with Crippen LogP contribution in [0.5, 0.6) is 5.75 Å². The molecule has 1 rings (SSSR count). The molecule has 0 amide bonds. The molecule has 0 bridgehead atoms. The van der Waals surface area contributed by atoms with Gasteiger partial charge in [0.1, 0.15) is 12.4 Å². The van der Waals surface area contributed by atoms with Gasteiger partial charge in [0.05, 0.1) is 12.9 Å². The Morgan fingerprint density at radius 3 is 2.61 bits per heavy atom. The maximum absolute atomic E-state index is 5.42. The minimum atomic E-state index is 0.543. The fourth-order valence-corrected chi connectivity index (χ4v) is 1.46. The first-order chi connectivity index (χ1) is 8.86. The molecule has 3 nitrogen and oxygen atoms in total. The van der Waals surface area contributed by atoms with Gasteiger partial charge in [-0.1, -0.05) is 31.4 Å². The predicted molar refractivity (Wildman–Crippen MR) is 74.6 cm³/mol. The van der Waals surface area contributed by atoms with Crippen molar-refractivity contribution >= 4 is 0 Å². The molecule has 1 aromatic rings. The molecule has 0 heterocycles. The Kier molecular flexibility index (Phi) is 7.40. The third kappa shape index (κ3) is 6.11. The van der Waals surface area contributed by atoms with Crippen LogP contribution in [0, 0.1) is 0 Å². The highest BCUT2D eigenvalue weighted by atomic mass is 16.5. The van der Waals surface area contributed by atoms with Crippen LogP contribution in [-0.4, -0.2) is 19.8 Å². The number of rotatable bonds is 10. The average molecular weight is 247 g/mol. The van der Waals surface area contributed by atoms with E-state index in [-0.39, 0.29) is 0 Å². The van der Waals surface area contributed by atoms with Gasteiger partial charge in [0.25, 0.3) is 0 Å². The molecule has 0 spiro atoms. The number of hydrogen-bond acceptors (Lipinski definition) is 3. The molecule has 1 N–H and O–H groups in total. The van der Waals surface area contributed by atoms with Crippen molar-refractivity contribution < 1.29 is 9.47 Å². The third-order valence-corrected chi connectivity index (χ3v) is 2.35. The Bertz CT molecular complexity index is 346. The second kappa shape index (κ2) is 9.31. The summed E-state index contributed by atoms with van der Waals surface area (Å²) >= 11 is 0. The summed E-state index contributed by atoms with van der Waals surface area (Å²) in [5, 5.41) is 3.35. The molecule has 1 aromatic carbocycles. The zero-order valence-electron chi connectivity index (χ0n) is 10.7. The van der Waals surface area contributed by atoms with Crippen molar-refractivity contribution in [3.63, 3.8) is 0 Å². The van der Waals surface area contributed by atoms with Crippen molar-refractivity contribution in [1.82, 2.24) is 5.32 Å². The van der Waals surface area contributed by atoms with E-state index in [1.54, 1.807) is 6.08 Å². The summed E-state index contributed by atoms with van der Waals surface area (Å²) in [5.74, 6) is 0.873. The van der Waals surface area contributed by atoms with Gasteiger partial charge in [-0.05, 0) is 30.7 Å². The highest BCUT2D eigenvalue weighted by Gasteiger charge is 1.95. The highest BCUT2D eigenvalue weighted by Crippen LogP contribution is 2.11. The van der Waals surface area contributed by atoms with E-state index in [1.807, 2.05) is 12.1 Å². The maximum atomic E-state index is 5.42.